The number of benzene rings is 2. The SMILES string of the molecule is CC[C@@H](NC(=O)c1ccc(NS(C)(=O)=O)cc1Cl)c1ccc(OC)c(OC)c1. The van der Waals surface area contributed by atoms with Gasteiger partial charge in [0.15, 0.2) is 11.5 Å². The van der Waals surface area contributed by atoms with Crippen LogP contribution < -0.4 is 19.5 Å². The number of hydrogen-bond donors (Lipinski definition) is 2. The summed E-state index contributed by atoms with van der Waals surface area (Å²) >= 11 is 6.18. The van der Waals surface area contributed by atoms with E-state index in [-0.39, 0.29) is 28.2 Å². The van der Waals surface area contributed by atoms with Gasteiger partial charge in [-0.3, -0.25) is 9.52 Å². The zero-order valence-corrected chi connectivity index (χ0v) is 17.6. The molecule has 0 aliphatic heterocycles. The van der Waals surface area contributed by atoms with Gasteiger partial charge in [-0.15, -0.1) is 0 Å². The normalized spacial score (nSPS) is 12.2. The van der Waals surface area contributed by atoms with E-state index in [0.29, 0.717) is 17.9 Å². The summed E-state index contributed by atoms with van der Waals surface area (Å²) in [6.45, 7) is 1.95. The molecule has 0 fully saturated rings. The molecule has 0 aliphatic rings. The molecule has 2 rings (SSSR count). The summed E-state index contributed by atoms with van der Waals surface area (Å²) in [5.74, 6) is 0.809. The lowest BCUT2D eigenvalue weighted by atomic mass is 10.0. The molecule has 2 aromatic rings. The van der Waals surface area contributed by atoms with Crippen LogP contribution in [0.1, 0.15) is 35.3 Å². The van der Waals surface area contributed by atoms with Crippen molar-refractivity contribution in [1.29, 1.82) is 0 Å². The molecular weight excluding hydrogens is 404 g/mol. The van der Waals surface area contributed by atoms with E-state index in [9.17, 15) is 13.2 Å². The topological polar surface area (TPSA) is 93.7 Å². The smallest absolute Gasteiger partial charge is 0.253 e. The molecule has 2 N–H and O–H groups in total. The number of sulfonamides is 1. The average Bonchev–Trinajstić information content (AvgIpc) is 2.64. The summed E-state index contributed by atoms with van der Waals surface area (Å²) in [6.07, 6.45) is 1.68. The van der Waals surface area contributed by atoms with E-state index in [1.165, 1.54) is 18.2 Å². The third-order valence-corrected chi connectivity index (χ3v) is 4.96. The molecule has 0 spiro atoms. The lowest BCUT2D eigenvalue weighted by Gasteiger charge is -2.19. The fraction of sp³-hybridized carbons (Fsp3) is 0.316. The van der Waals surface area contributed by atoms with Gasteiger partial charge in [-0.2, -0.15) is 0 Å². The van der Waals surface area contributed by atoms with E-state index in [1.54, 1.807) is 20.3 Å². The van der Waals surface area contributed by atoms with Crippen LogP contribution in [0.4, 0.5) is 5.69 Å². The Balaban J connectivity index is 2.22. The molecule has 28 heavy (non-hydrogen) atoms. The second-order valence-electron chi connectivity index (χ2n) is 6.12. The van der Waals surface area contributed by atoms with Gasteiger partial charge in [0.05, 0.1) is 37.1 Å². The summed E-state index contributed by atoms with van der Waals surface area (Å²) in [5, 5.41) is 3.08. The first-order chi connectivity index (χ1) is 13.2. The second-order valence-corrected chi connectivity index (χ2v) is 8.27. The Morgan fingerprint density at radius 1 is 1.11 bits per heavy atom. The minimum absolute atomic E-state index is 0.147. The Morgan fingerprint density at radius 2 is 1.79 bits per heavy atom. The van der Waals surface area contributed by atoms with Gasteiger partial charge < -0.3 is 14.8 Å². The fourth-order valence-electron chi connectivity index (χ4n) is 2.70. The van der Waals surface area contributed by atoms with Crippen molar-refractivity contribution < 1.29 is 22.7 Å². The Kier molecular flexibility index (Phi) is 7.15. The fourth-order valence-corrected chi connectivity index (χ4v) is 3.52. The minimum atomic E-state index is -3.43. The maximum Gasteiger partial charge on any atom is 0.253 e. The highest BCUT2D eigenvalue weighted by Gasteiger charge is 2.18. The van der Waals surface area contributed by atoms with Gasteiger partial charge >= 0.3 is 0 Å². The highest BCUT2D eigenvalue weighted by molar-refractivity contribution is 7.92. The number of ether oxygens (including phenoxy) is 2. The van der Waals surface area contributed by atoms with Crippen molar-refractivity contribution in [3.63, 3.8) is 0 Å². The average molecular weight is 427 g/mol. The predicted molar refractivity (Wildman–Crippen MR) is 110 cm³/mol. The summed E-state index contributed by atoms with van der Waals surface area (Å²) in [5.41, 5.74) is 1.40. The molecule has 0 radical (unpaired) electrons. The number of halogens is 1. The molecule has 1 atom stereocenters. The molecule has 0 unspecified atom stereocenters. The van der Waals surface area contributed by atoms with E-state index in [4.69, 9.17) is 21.1 Å². The number of rotatable bonds is 8. The van der Waals surface area contributed by atoms with Crippen LogP contribution in [-0.4, -0.2) is 34.8 Å². The maximum atomic E-state index is 12.7. The first kappa shape index (κ1) is 21.8. The van der Waals surface area contributed by atoms with Gasteiger partial charge in [0.1, 0.15) is 0 Å². The van der Waals surface area contributed by atoms with Crippen molar-refractivity contribution in [2.24, 2.45) is 0 Å². The van der Waals surface area contributed by atoms with Crippen LogP contribution in [0.5, 0.6) is 11.5 Å². The summed E-state index contributed by atoms with van der Waals surface area (Å²) in [4.78, 5) is 12.7. The molecule has 7 nitrogen and oxygen atoms in total. The van der Waals surface area contributed by atoms with Crippen LogP contribution in [0.15, 0.2) is 36.4 Å². The summed E-state index contributed by atoms with van der Waals surface area (Å²) in [6, 6.07) is 9.55. The standard InChI is InChI=1S/C19H23ClN2O5S/c1-5-16(12-6-9-17(26-2)18(10-12)27-3)21-19(23)14-8-7-13(11-15(14)20)22-28(4,24)25/h6-11,16,22H,5H2,1-4H3,(H,21,23)/t16-/m1/s1. The lowest BCUT2D eigenvalue weighted by molar-refractivity contribution is 0.0935. The number of carbonyl (C=O) groups excluding carboxylic acids is 1. The van der Waals surface area contributed by atoms with Gasteiger partial charge in [-0.05, 0) is 42.3 Å². The van der Waals surface area contributed by atoms with Gasteiger partial charge in [0.2, 0.25) is 10.0 Å². The Hall–Kier alpha value is -2.45. The molecular formula is C19H23ClN2O5S. The molecule has 0 heterocycles. The monoisotopic (exact) mass is 426 g/mol. The van der Waals surface area contributed by atoms with Crippen molar-refractivity contribution in [2.45, 2.75) is 19.4 Å². The first-order valence-electron chi connectivity index (χ1n) is 8.48. The molecule has 0 saturated heterocycles. The van der Waals surface area contributed by atoms with Crippen molar-refractivity contribution in [1.82, 2.24) is 5.32 Å². The maximum absolute atomic E-state index is 12.7. The van der Waals surface area contributed by atoms with Gasteiger partial charge in [0.25, 0.3) is 5.91 Å². The van der Waals surface area contributed by atoms with Crippen molar-refractivity contribution >= 4 is 33.2 Å². The van der Waals surface area contributed by atoms with Gasteiger partial charge in [0, 0.05) is 5.69 Å². The number of anilines is 1. The van der Waals surface area contributed by atoms with E-state index >= 15 is 0 Å². The Labute approximate surface area is 170 Å². The van der Waals surface area contributed by atoms with E-state index < -0.39 is 10.0 Å². The Bertz CT molecular complexity index is 963. The van der Waals surface area contributed by atoms with E-state index in [2.05, 4.69) is 10.0 Å². The molecule has 0 aromatic heterocycles. The van der Waals surface area contributed by atoms with Gasteiger partial charge in [-0.25, -0.2) is 8.42 Å². The van der Waals surface area contributed by atoms with Crippen LogP contribution in [0.25, 0.3) is 0 Å². The van der Waals surface area contributed by atoms with Crippen molar-refractivity contribution in [3.8, 4) is 11.5 Å². The molecule has 2 aromatic carbocycles. The van der Waals surface area contributed by atoms with E-state index in [1.807, 2.05) is 19.1 Å². The lowest BCUT2D eigenvalue weighted by Crippen LogP contribution is -2.28. The minimum Gasteiger partial charge on any atom is -0.493 e. The Morgan fingerprint density at radius 3 is 2.32 bits per heavy atom. The van der Waals surface area contributed by atoms with Crippen molar-refractivity contribution in [2.75, 3.05) is 25.2 Å². The third kappa shape index (κ3) is 5.53. The third-order valence-electron chi connectivity index (χ3n) is 4.04. The number of carbonyl (C=O) groups is 1. The number of amides is 1. The first-order valence-corrected chi connectivity index (χ1v) is 10.8. The second kappa shape index (κ2) is 9.16. The zero-order chi connectivity index (χ0) is 20.9. The molecule has 152 valence electrons. The van der Waals surface area contributed by atoms with Crippen LogP contribution in [-0.2, 0) is 10.0 Å². The number of methoxy groups -OCH3 is 2. The van der Waals surface area contributed by atoms with Crippen LogP contribution in [0, 0.1) is 0 Å². The highest BCUT2D eigenvalue weighted by Crippen LogP contribution is 2.31. The van der Waals surface area contributed by atoms with Gasteiger partial charge in [-0.1, -0.05) is 24.6 Å². The zero-order valence-electron chi connectivity index (χ0n) is 16.1. The van der Waals surface area contributed by atoms with Crippen LogP contribution >= 0.6 is 11.6 Å². The largest absolute Gasteiger partial charge is 0.493 e. The number of nitrogens with one attached hydrogen (secondary N) is 2. The van der Waals surface area contributed by atoms with Crippen LogP contribution in [0.3, 0.4) is 0 Å². The molecule has 0 aliphatic carbocycles. The molecule has 0 saturated carbocycles. The molecule has 1 amide bonds. The van der Waals surface area contributed by atoms with Crippen molar-refractivity contribution in [3.05, 3.63) is 52.5 Å². The molecule has 9 heteroatoms. The predicted octanol–water partition coefficient (Wildman–Crippen LogP) is 3.61. The van der Waals surface area contributed by atoms with E-state index in [0.717, 1.165) is 11.8 Å². The summed E-state index contributed by atoms with van der Waals surface area (Å²) in [7, 11) is -0.325. The van der Waals surface area contributed by atoms with Crippen LogP contribution in [0.2, 0.25) is 5.02 Å². The highest BCUT2D eigenvalue weighted by atomic mass is 35.5. The quantitative estimate of drug-likeness (QED) is 0.672. The number of hydrogen-bond acceptors (Lipinski definition) is 5. The summed E-state index contributed by atoms with van der Waals surface area (Å²) < 4.78 is 35.5. The molecule has 0 bridgehead atoms.